The van der Waals surface area contributed by atoms with Crippen molar-refractivity contribution in [1.29, 1.82) is 0 Å². The van der Waals surface area contributed by atoms with Crippen molar-refractivity contribution in [2.45, 2.75) is 45.7 Å². The molecule has 0 bridgehead atoms. The first-order valence-electron chi connectivity index (χ1n) is 9.09. The molecule has 2 aromatic carbocycles. The summed E-state index contributed by atoms with van der Waals surface area (Å²) in [6, 6.07) is 12.9. The van der Waals surface area contributed by atoms with Gasteiger partial charge in [-0.1, -0.05) is 45.0 Å². The minimum absolute atomic E-state index is 0.00481. The van der Waals surface area contributed by atoms with Gasteiger partial charge in [-0.25, -0.2) is 4.79 Å². The molecule has 0 heterocycles. The molecule has 0 radical (unpaired) electrons. The zero-order valence-corrected chi connectivity index (χ0v) is 16.6. The predicted molar refractivity (Wildman–Crippen MR) is 107 cm³/mol. The first kappa shape index (κ1) is 21.2. The molecule has 0 aliphatic rings. The topological polar surface area (TPSA) is 95.5 Å². The number of hydrogen-bond acceptors (Lipinski definition) is 3. The summed E-state index contributed by atoms with van der Waals surface area (Å²) in [5.74, 6) is -1.63. The average molecular weight is 382 g/mol. The van der Waals surface area contributed by atoms with Crippen LogP contribution < -0.4 is 10.6 Å². The van der Waals surface area contributed by atoms with E-state index in [2.05, 4.69) is 31.4 Å². The molecule has 148 valence electrons. The summed E-state index contributed by atoms with van der Waals surface area (Å²) in [4.78, 5) is 35.4. The molecule has 0 saturated heterocycles. The molecular formula is C22H26N2O4. The Labute approximate surface area is 165 Å². The number of carboxylic acid groups (broad SMARTS) is 1. The maximum atomic E-state index is 12.3. The zero-order chi connectivity index (χ0) is 20.9. The van der Waals surface area contributed by atoms with E-state index < -0.39 is 12.0 Å². The van der Waals surface area contributed by atoms with Crippen molar-refractivity contribution < 1.29 is 19.5 Å². The van der Waals surface area contributed by atoms with Crippen molar-refractivity contribution in [2.24, 2.45) is 0 Å². The summed E-state index contributed by atoms with van der Waals surface area (Å²) in [7, 11) is 0. The van der Waals surface area contributed by atoms with Crippen LogP contribution in [-0.4, -0.2) is 28.9 Å². The second-order valence-electron chi connectivity index (χ2n) is 7.74. The Hall–Kier alpha value is -3.15. The van der Waals surface area contributed by atoms with Crippen LogP contribution in [-0.2, 0) is 16.8 Å². The van der Waals surface area contributed by atoms with Crippen LogP contribution in [0.2, 0.25) is 0 Å². The van der Waals surface area contributed by atoms with Crippen LogP contribution in [0, 0.1) is 0 Å². The minimum atomic E-state index is -0.998. The van der Waals surface area contributed by atoms with E-state index in [0.29, 0.717) is 5.56 Å². The average Bonchev–Trinajstić information content (AvgIpc) is 2.65. The summed E-state index contributed by atoms with van der Waals surface area (Å²) < 4.78 is 0. The Morgan fingerprint density at radius 2 is 1.46 bits per heavy atom. The first-order valence-corrected chi connectivity index (χ1v) is 9.09. The predicted octanol–water partition coefficient (Wildman–Crippen LogP) is 3.12. The highest BCUT2D eigenvalue weighted by molar-refractivity contribution is 5.97. The third kappa shape index (κ3) is 5.67. The fraction of sp³-hybridized carbons (Fsp3) is 0.318. The van der Waals surface area contributed by atoms with E-state index in [0.717, 1.165) is 11.1 Å². The SMILES string of the molecule is CC(NC(=O)c1ccc(C(C)(C)C)cc1)C(=O)NCc1ccc(C(=O)O)cc1. The summed E-state index contributed by atoms with van der Waals surface area (Å²) in [6.07, 6.45) is 0. The number of carboxylic acids is 1. The lowest BCUT2D eigenvalue weighted by molar-refractivity contribution is -0.122. The van der Waals surface area contributed by atoms with Crippen molar-refractivity contribution in [3.8, 4) is 0 Å². The quantitative estimate of drug-likeness (QED) is 0.715. The molecule has 0 aliphatic heterocycles. The van der Waals surface area contributed by atoms with Crippen LogP contribution in [0.25, 0.3) is 0 Å². The monoisotopic (exact) mass is 382 g/mol. The maximum absolute atomic E-state index is 12.3. The van der Waals surface area contributed by atoms with Gasteiger partial charge in [0.25, 0.3) is 5.91 Å². The van der Waals surface area contributed by atoms with Crippen LogP contribution in [0.3, 0.4) is 0 Å². The van der Waals surface area contributed by atoms with E-state index in [1.54, 1.807) is 31.2 Å². The van der Waals surface area contributed by atoms with Gasteiger partial charge in [0.2, 0.25) is 5.91 Å². The van der Waals surface area contributed by atoms with Crippen LogP contribution in [0.1, 0.15) is 59.5 Å². The van der Waals surface area contributed by atoms with E-state index in [9.17, 15) is 14.4 Å². The van der Waals surface area contributed by atoms with Gasteiger partial charge in [0.15, 0.2) is 0 Å². The van der Waals surface area contributed by atoms with E-state index in [1.807, 2.05) is 12.1 Å². The Balaban J connectivity index is 1.89. The minimum Gasteiger partial charge on any atom is -0.478 e. The van der Waals surface area contributed by atoms with Crippen molar-refractivity contribution in [3.63, 3.8) is 0 Å². The van der Waals surface area contributed by atoms with Crippen molar-refractivity contribution in [1.82, 2.24) is 10.6 Å². The molecule has 2 aromatic rings. The molecule has 28 heavy (non-hydrogen) atoms. The lowest BCUT2D eigenvalue weighted by Gasteiger charge is -2.19. The number of carbonyl (C=O) groups is 3. The van der Waals surface area contributed by atoms with Crippen molar-refractivity contribution >= 4 is 17.8 Å². The Bertz CT molecular complexity index is 850. The molecule has 0 aromatic heterocycles. The third-order valence-electron chi connectivity index (χ3n) is 4.42. The second-order valence-corrected chi connectivity index (χ2v) is 7.74. The standard InChI is InChI=1S/C22H26N2O4/c1-14(19(25)23-13-15-5-7-17(8-6-15)21(27)28)24-20(26)16-9-11-18(12-10-16)22(2,3)4/h5-12,14H,13H2,1-4H3,(H,23,25)(H,24,26)(H,27,28). The molecule has 1 atom stereocenters. The van der Waals surface area contributed by atoms with E-state index in [4.69, 9.17) is 5.11 Å². The lowest BCUT2D eigenvalue weighted by Crippen LogP contribution is -2.44. The summed E-state index contributed by atoms with van der Waals surface area (Å²) in [5.41, 5.74) is 2.59. The van der Waals surface area contributed by atoms with Gasteiger partial charge < -0.3 is 15.7 Å². The van der Waals surface area contributed by atoms with Gasteiger partial charge in [0, 0.05) is 12.1 Å². The molecular weight excluding hydrogens is 356 g/mol. The molecule has 1 unspecified atom stereocenters. The smallest absolute Gasteiger partial charge is 0.335 e. The number of benzene rings is 2. The largest absolute Gasteiger partial charge is 0.478 e. The molecule has 0 aliphatic carbocycles. The molecule has 2 amide bonds. The van der Waals surface area contributed by atoms with Gasteiger partial charge in [-0.2, -0.15) is 0 Å². The maximum Gasteiger partial charge on any atom is 0.335 e. The van der Waals surface area contributed by atoms with Gasteiger partial charge in [-0.05, 0) is 47.7 Å². The Morgan fingerprint density at radius 3 is 1.96 bits per heavy atom. The number of hydrogen-bond donors (Lipinski definition) is 3. The molecule has 0 spiro atoms. The third-order valence-corrected chi connectivity index (χ3v) is 4.42. The van der Waals surface area contributed by atoms with Gasteiger partial charge in [-0.15, -0.1) is 0 Å². The van der Waals surface area contributed by atoms with E-state index in [1.165, 1.54) is 12.1 Å². The fourth-order valence-electron chi connectivity index (χ4n) is 2.57. The zero-order valence-electron chi connectivity index (χ0n) is 16.6. The van der Waals surface area contributed by atoms with Gasteiger partial charge in [0.1, 0.15) is 6.04 Å². The van der Waals surface area contributed by atoms with Crippen LogP contribution in [0.15, 0.2) is 48.5 Å². The number of rotatable bonds is 6. The van der Waals surface area contributed by atoms with E-state index >= 15 is 0 Å². The lowest BCUT2D eigenvalue weighted by atomic mass is 9.86. The van der Waals surface area contributed by atoms with Crippen LogP contribution >= 0.6 is 0 Å². The highest BCUT2D eigenvalue weighted by Crippen LogP contribution is 2.22. The van der Waals surface area contributed by atoms with E-state index in [-0.39, 0.29) is 29.3 Å². The van der Waals surface area contributed by atoms with Gasteiger partial charge >= 0.3 is 5.97 Å². The fourth-order valence-corrected chi connectivity index (χ4v) is 2.57. The number of carbonyl (C=O) groups excluding carboxylic acids is 2. The number of aromatic carboxylic acids is 1. The number of amides is 2. The van der Waals surface area contributed by atoms with Gasteiger partial charge in [0.05, 0.1) is 5.56 Å². The van der Waals surface area contributed by atoms with Crippen molar-refractivity contribution in [2.75, 3.05) is 0 Å². The summed E-state index contributed by atoms with van der Waals surface area (Å²) in [5, 5.41) is 14.3. The molecule has 0 fully saturated rings. The molecule has 2 rings (SSSR count). The van der Waals surface area contributed by atoms with Crippen LogP contribution in [0.5, 0.6) is 0 Å². The molecule has 3 N–H and O–H groups in total. The first-order chi connectivity index (χ1) is 13.1. The number of nitrogens with one attached hydrogen (secondary N) is 2. The highest BCUT2D eigenvalue weighted by Gasteiger charge is 2.18. The molecule has 6 nitrogen and oxygen atoms in total. The molecule has 0 saturated carbocycles. The van der Waals surface area contributed by atoms with Crippen molar-refractivity contribution in [3.05, 3.63) is 70.8 Å². The highest BCUT2D eigenvalue weighted by atomic mass is 16.4. The Kier molecular flexibility index (Phi) is 6.57. The summed E-state index contributed by atoms with van der Waals surface area (Å²) in [6.45, 7) is 8.17. The van der Waals surface area contributed by atoms with Gasteiger partial charge in [-0.3, -0.25) is 9.59 Å². The Morgan fingerprint density at radius 1 is 0.929 bits per heavy atom. The molecule has 6 heteroatoms. The normalized spacial score (nSPS) is 12.1. The second kappa shape index (κ2) is 8.69. The van der Waals surface area contributed by atoms with Crippen LogP contribution in [0.4, 0.5) is 0 Å². The summed E-state index contributed by atoms with van der Waals surface area (Å²) >= 11 is 0.